The number of carboxylic acids is 1. The largest absolute Gasteiger partial charge is 0.479 e. The van der Waals surface area contributed by atoms with Gasteiger partial charge in [0.25, 0.3) is 12.4 Å². The number of aliphatic carboxylic acids is 1. The van der Waals surface area contributed by atoms with Crippen LogP contribution in [0.1, 0.15) is 96.3 Å². The third-order valence-electron chi connectivity index (χ3n) is 4.47. The van der Waals surface area contributed by atoms with Gasteiger partial charge in [0.05, 0.1) is 0 Å². The van der Waals surface area contributed by atoms with E-state index in [9.17, 15) is 9.59 Å². The minimum absolute atomic E-state index is 0.00801. The van der Waals surface area contributed by atoms with Gasteiger partial charge in [-0.25, -0.2) is 4.79 Å². The van der Waals surface area contributed by atoms with Gasteiger partial charge in [0, 0.05) is 6.42 Å². The number of ether oxygens (including phenoxy) is 1. The number of aliphatic hydroxyl groups is 3. The summed E-state index contributed by atoms with van der Waals surface area (Å²) in [5.41, 5.74) is 0. The lowest BCUT2D eigenvalue weighted by Crippen LogP contribution is -2.26. The predicted molar refractivity (Wildman–Crippen MR) is 97.2 cm³/mol. The number of carbonyl (C=O) groups is 2. The molecular formula is C19H36O7. The molecule has 4 N–H and O–H groups in total. The van der Waals surface area contributed by atoms with Gasteiger partial charge in [0.2, 0.25) is 0 Å². The molecule has 0 radical (unpaired) electrons. The summed E-state index contributed by atoms with van der Waals surface area (Å²) >= 11 is 0. The van der Waals surface area contributed by atoms with Crippen LogP contribution in [0.15, 0.2) is 0 Å². The maximum atomic E-state index is 10.8. The van der Waals surface area contributed by atoms with E-state index < -0.39 is 18.0 Å². The molecule has 0 aliphatic rings. The maximum absolute atomic E-state index is 10.8. The molecule has 0 fully saturated rings. The predicted octanol–water partition coefficient (Wildman–Crippen LogP) is 3.09. The van der Waals surface area contributed by atoms with Crippen LogP contribution >= 0.6 is 0 Å². The maximum Gasteiger partial charge on any atom is 0.345 e. The Morgan fingerprint density at radius 2 is 1.15 bits per heavy atom. The summed E-state index contributed by atoms with van der Waals surface area (Å²) in [7, 11) is 0. The van der Waals surface area contributed by atoms with E-state index in [1.54, 1.807) is 0 Å². The highest BCUT2D eigenvalue weighted by Crippen LogP contribution is 2.15. The third-order valence-corrected chi connectivity index (χ3v) is 4.47. The zero-order valence-electron chi connectivity index (χ0n) is 15.8. The molecule has 1 atom stereocenters. The van der Waals surface area contributed by atoms with Crippen molar-refractivity contribution in [3.63, 3.8) is 0 Å². The zero-order chi connectivity index (χ0) is 19.7. The topological polar surface area (TPSA) is 124 Å². The summed E-state index contributed by atoms with van der Waals surface area (Å²) in [5.74, 6) is -3.60. The first-order chi connectivity index (χ1) is 12.4. The quantitative estimate of drug-likeness (QED) is 0.155. The van der Waals surface area contributed by atoms with Gasteiger partial charge in [-0.2, -0.15) is 0 Å². The van der Waals surface area contributed by atoms with Crippen LogP contribution in [-0.2, 0) is 14.3 Å². The molecule has 0 aliphatic carbocycles. The molecule has 154 valence electrons. The third kappa shape index (κ3) is 17.6. The molecule has 7 heteroatoms. The Morgan fingerprint density at radius 1 is 0.769 bits per heavy atom. The first-order valence-corrected chi connectivity index (χ1v) is 9.86. The lowest BCUT2D eigenvalue weighted by Gasteiger charge is -2.12. The standard InChI is InChI=1S/C19H36O7/c20-16-26-17(18(21)22)14-12-10-8-6-4-2-1-3-5-7-9-11-13-15-19(23,24)25/h16-17,23-25H,1-15H2,(H,21,22). The van der Waals surface area contributed by atoms with E-state index in [4.69, 9.17) is 20.4 Å². The summed E-state index contributed by atoms with van der Waals surface area (Å²) in [6, 6.07) is 0. The first kappa shape index (κ1) is 24.8. The minimum atomic E-state index is -2.51. The molecule has 0 aliphatic heterocycles. The Hall–Kier alpha value is -1.18. The zero-order valence-corrected chi connectivity index (χ0v) is 15.8. The molecule has 1 unspecified atom stereocenters. The molecule has 7 nitrogen and oxygen atoms in total. The Morgan fingerprint density at radius 3 is 1.50 bits per heavy atom. The van der Waals surface area contributed by atoms with Gasteiger partial charge in [0.15, 0.2) is 6.10 Å². The summed E-state index contributed by atoms with van der Waals surface area (Å²) in [6.45, 7) is 0.197. The van der Waals surface area contributed by atoms with E-state index >= 15 is 0 Å². The molecule has 0 aromatic heterocycles. The fraction of sp³-hybridized carbons (Fsp3) is 0.895. The second-order valence-corrected chi connectivity index (χ2v) is 6.97. The normalized spacial score (nSPS) is 12.7. The molecule has 0 heterocycles. The Kier molecular flexibility index (Phi) is 15.3. The van der Waals surface area contributed by atoms with Crippen LogP contribution < -0.4 is 0 Å². The summed E-state index contributed by atoms with van der Waals surface area (Å²) in [4.78, 5) is 21.0. The fourth-order valence-corrected chi connectivity index (χ4v) is 2.95. The number of unbranched alkanes of at least 4 members (excludes halogenated alkanes) is 12. The van der Waals surface area contributed by atoms with Crippen LogP contribution in [-0.4, -0.2) is 44.9 Å². The van der Waals surface area contributed by atoms with Crippen LogP contribution in [0.5, 0.6) is 0 Å². The second kappa shape index (κ2) is 16.0. The van der Waals surface area contributed by atoms with Crippen molar-refractivity contribution in [3.8, 4) is 0 Å². The van der Waals surface area contributed by atoms with Crippen molar-refractivity contribution in [2.75, 3.05) is 0 Å². The van der Waals surface area contributed by atoms with Crippen molar-refractivity contribution in [2.24, 2.45) is 0 Å². The van der Waals surface area contributed by atoms with Gasteiger partial charge in [-0.15, -0.1) is 0 Å². The minimum Gasteiger partial charge on any atom is -0.479 e. The highest BCUT2D eigenvalue weighted by atomic mass is 16.7. The van der Waals surface area contributed by atoms with Crippen molar-refractivity contribution in [1.29, 1.82) is 0 Å². The Bertz CT molecular complexity index is 352. The lowest BCUT2D eigenvalue weighted by molar-refractivity contribution is -0.315. The van der Waals surface area contributed by atoms with Crippen molar-refractivity contribution < 1.29 is 34.8 Å². The van der Waals surface area contributed by atoms with Crippen molar-refractivity contribution in [2.45, 2.75) is 108 Å². The Balaban J connectivity index is 3.24. The molecule has 0 amide bonds. The van der Waals surface area contributed by atoms with E-state index in [-0.39, 0.29) is 12.9 Å². The number of carbonyl (C=O) groups excluding carboxylic acids is 1. The van der Waals surface area contributed by atoms with Gasteiger partial charge in [-0.1, -0.05) is 70.6 Å². The fourth-order valence-electron chi connectivity index (χ4n) is 2.95. The van der Waals surface area contributed by atoms with Crippen molar-refractivity contribution in [3.05, 3.63) is 0 Å². The van der Waals surface area contributed by atoms with E-state index in [1.165, 1.54) is 32.1 Å². The number of rotatable bonds is 19. The lowest BCUT2D eigenvalue weighted by atomic mass is 10.0. The van der Waals surface area contributed by atoms with Crippen LogP contribution in [0.4, 0.5) is 0 Å². The summed E-state index contributed by atoms with van der Waals surface area (Å²) in [5, 5.41) is 35.1. The SMILES string of the molecule is O=COC(CCCCCCCCCCCCCCCC(O)(O)O)C(=O)O. The van der Waals surface area contributed by atoms with Gasteiger partial charge < -0.3 is 25.2 Å². The van der Waals surface area contributed by atoms with E-state index in [0.717, 1.165) is 44.9 Å². The van der Waals surface area contributed by atoms with Gasteiger partial charge >= 0.3 is 5.97 Å². The average Bonchev–Trinajstić information content (AvgIpc) is 2.56. The van der Waals surface area contributed by atoms with E-state index in [0.29, 0.717) is 12.8 Å². The van der Waals surface area contributed by atoms with E-state index in [2.05, 4.69) is 4.74 Å². The van der Waals surface area contributed by atoms with Crippen LogP contribution in [0.25, 0.3) is 0 Å². The summed E-state index contributed by atoms with van der Waals surface area (Å²) < 4.78 is 4.52. The highest BCUT2D eigenvalue weighted by molar-refractivity contribution is 5.73. The van der Waals surface area contributed by atoms with Gasteiger partial charge in [-0.05, 0) is 19.3 Å². The van der Waals surface area contributed by atoms with Crippen molar-refractivity contribution in [1.82, 2.24) is 0 Å². The number of hydrogen-bond acceptors (Lipinski definition) is 6. The molecule has 0 bridgehead atoms. The Labute approximate surface area is 156 Å². The number of carboxylic acid groups (broad SMARTS) is 1. The molecule has 0 spiro atoms. The van der Waals surface area contributed by atoms with Crippen LogP contribution in [0.3, 0.4) is 0 Å². The van der Waals surface area contributed by atoms with Gasteiger partial charge in [-0.3, -0.25) is 4.79 Å². The van der Waals surface area contributed by atoms with Crippen molar-refractivity contribution >= 4 is 12.4 Å². The average molecular weight is 376 g/mol. The van der Waals surface area contributed by atoms with Gasteiger partial charge in [0.1, 0.15) is 0 Å². The van der Waals surface area contributed by atoms with Crippen LogP contribution in [0.2, 0.25) is 0 Å². The molecule has 26 heavy (non-hydrogen) atoms. The molecule has 0 saturated carbocycles. The molecule has 0 saturated heterocycles. The number of hydrogen-bond donors (Lipinski definition) is 4. The highest BCUT2D eigenvalue weighted by Gasteiger charge is 2.17. The summed E-state index contributed by atoms with van der Waals surface area (Å²) in [6.07, 6.45) is 13.1. The molecule has 0 rings (SSSR count). The molecular weight excluding hydrogens is 340 g/mol. The molecule has 0 aromatic carbocycles. The monoisotopic (exact) mass is 376 g/mol. The van der Waals surface area contributed by atoms with Crippen LogP contribution in [0, 0.1) is 0 Å². The van der Waals surface area contributed by atoms with E-state index in [1.807, 2.05) is 0 Å². The smallest absolute Gasteiger partial charge is 0.345 e. The second-order valence-electron chi connectivity index (χ2n) is 6.97. The molecule has 0 aromatic rings. The first-order valence-electron chi connectivity index (χ1n) is 9.86.